The van der Waals surface area contributed by atoms with Crippen molar-refractivity contribution in [3.05, 3.63) is 71.8 Å². The molecule has 2 aliphatic rings. The summed E-state index contributed by atoms with van der Waals surface area (Å²) in [6.45, 7) is 14.6. The first kappa shape index (κ1) is 79.0. The van der Waals surface area contributed by atoms with E-state index in [2.05, 4.69) is 31.9 Å². The first-order valence-electron chi connectivity index (χ1n) is 32.9. The lowest BCUT2D eigenvalue weighted by molar-refractivity contribution is -0.150. The number of aliphatic hydroxyl groups is 1. The number of likely N-dealkylation sites (N-methyl/N-ethyl adjacent to an activating group) is 6. The molecule has 0 saturated carbocycles. The summed E-state index contributed by atoms with van der Waals surface area (Å²) in [5.74, 6) is -10.9. The fourth-order valence-corrected chi connectivity index (χ4v) is 11.5. The molecule has 27 heteroatoms. The Bertz CT molecular complexity index is 3000. The van der Waals surface area contributed by atoms with Crippen LogP contribution in [0.3, 0.4) is 0 Å². The summed E-state index contributed by atoms with van der Waals surface area (Å²) in [7, 11) is 9.55. The quantitative estimate of drug-likeness (QED) is 0.136. The molecule has 4 rings (SSSR count). The molecule has 0 aliphatic carbocycles. The highest BCUT2D eigenvalue weighted by molar-refractivity contribution is 6.00. The standard InChI is InChI=1S/C68H105N13O14/c1-40(2)34-51-60(87)70-48(30-31-54(83)69-10)64(91)79(15)52(37-47-28-22-18-23-29-47)61(88)71-49(36-46-26-20-17-21-27-46)65(92)80(16)53(35-41(3)4)67(94)75(11)39-56(85)76(12)43(7)59(86)74-58(45(9)82)62(89)72-50(66(93)81-32-24-19-25-33-81)38-55(84)73-57(42(5)6)68(95)77(13)44(8)63(90)78(51)14/h17-18,20-23,26-29,40-45,48-53,57-58,82H,19,24-25,30-39H2,1-16H3,(H,69,83)(H,70,87)(H,71,88)(H,72,89)(H,73,84)(H,74,86)/t43-,44-,45+,48-,49-,50-,51-,52-,53-,57+,58-/m0/s1. The second-order valence-electron chi connectivity index (χ2n) is 26.5. The van der Waals surface area contributed by atoms with Gasteiger partial charge in [0.25, 0.3) is 0 Å². The molecule has 0 aromatic heterocycles. The van der Waals surface area contributed by atoms with Crippen LogP contribution in [0.1, 0.15) is 125 Å². The number of piperidine rings is 1. The molecule has 95 heavy (non-hydrogen) atoms. The molecule has 2 saturated heterocycles. The fourth-order valence-electron chi connectivity index (χ4n) is 11.5. The molecule has 11 atom stereocenters. The van der Waals surface area contributed by atoms with Gasteiger partial charge >= 0.3 is 0 Å². The second-order valence-corrected chi connectivity index (χ2v) is 26.5. The van der Waals surface area contributed by atoms with Crippen molar-refractivity contribution in [1.29, 1.82) is 0 Å². The van der Waals surface area contributed by atoms with Crippen molar-refractivity contribution in [2.24, 2.45) is 17.8 Å². The zero-order chi connectivity index (χ0) is 71.3. The van der Waals surface area contributed by atoms with Gasteiger partial charge in [-0.15, -0.1) is 0 Å². The maximum Gasteiger partial charge on any atom is 0.245 e. The molecular weight excluding hydrogens is 1220 g/mol. The largest absolute Gasteiger partial charge is 0.391 e. The van der Waals surface area contributed by atoms with Gasteiger partial charge in [-0.25, -0.2) is 0 Å². The molecule has 0 bridgehead atoms. The second kappa shape index (κ2) is 37.0. The van der Waals surface area contributed by atoms with Crippen molar-refractivity contribution < 1.29 is 67.4 Å². The number of carbonyl (C=O) groups is 13. The van der Waals surface area contributed by atoms with Gasteiger partial charge in [0.2, 0.25) is 76.8 Å². The molecule has 0 spiro atoms. The number of nitrogens with one attached hydrogen (secondary N) is 6. The Morgan fingerprint density at radius 2 is 1.03 bits per heavy atom. The Morgan fingerprint density at radius 1 is 0.526 bits per heavy atom. The van der Waals surface area contributed by atoms with Crippen LogP contribution in [0.25, 0.3) is 0 Å². The summed E-state index contributed by atoms with van der Waals surface area (Å²) in [5, 5.41) is 27.0. The number of amides is 13. The van der Waals surface area contributed by atoms with Crippen molar-refractivity contribution in [2.75, 3.05) is 69.0 Å². The van der Waals surface area contributed by atoms with Crippen LogP contribution in [0.15, 0.2) is 60.7 Å². The van der Waals surface area contributed by atoms with E-state index in [0.29, 0.717) is 37.1 Å². The smallest absolute Gasteiger partial charge is 0.245 e. The molecule has 2 aromatic carbocycles. The molecule has 13 amide bonds. The molecule has 2 fully saturated rings. The Morgan fingerprint density at radius 3 is 1.57 bits per heavy atom. The predicted octanol–water partition coefficient (Wildman–Crippen LogP) is 0.600. The molecule has 27 nitrogen and oxygen atoms in total. The monoisotopic (exact) mass is 1330 g/mol. The van der Waals surface area contributed by atoms with Crippen molar-refractivity contribution in [2.45, 2.75) is 193 Å². The summed E-state index contributed by atoms with van der Waals surface area (Å²) in [4.78, 5) is 197. The average Bonchev–Trinajstić information content (AvgIpc) is 0.836. The van der Waals surface area contributed by atoms with Crippen LogP contribution in [0.2, 0.25) is 0 Å². The number of hydrogen-bond acceptors (Lipinski definition) is 14. The van der Waals surface area contributed by atoms with E-state index in [1.54, 1.807) is 74.5 Å². The van der Waals surface area contributed by atoms with Crippen LogP contribution in [0, 0.1) is 17.8 Å². The minimum absolute atomic E-state index is 0.0479. The van der Waals surface area contributed by atoms with Gasteiger partial charge in [0.1, 0.15) is 60.4 Å². The number of hydrogen-bond donors (Lipinski definition) is 7. The van der Waals surface area contributed by atoms with Gasteiger partial charge in [-0.2, -0.15) is 0 Å². The summed E-state index contributed by atoms with van der Waals surface area (Å²) < 4.78 is 0. The van der Waals surface area contributed by atoms with Gasteiger partial charge in [-0.3, -0.25) is 62.3 Å². The fraction of sp³-hybridized carbons (Fsp3) is 0.632. The average molecular weight is 1330 g/mol. The molecular formula is C68H105N13O14. The van der Waals surface area contributed by atoms with E-state index < -0.39 is 162 Å². The molecule has 0 unspecified atom stereocenters. The third kappa shape index (κ3) is 22.6. The normalized spacial score (nSPS) is 25.5. The number of benzene rings is 2. The van der Waals surface area contributed by atoms with E-state index in [1.807, 2.05) is 27.7 Å². The van der Waals surface area contributed by atoms with Gasteiger partial charge in [0.05, 0.1) is 19.1 Å². The van der Waals surface area contributed by atoms with Crippen LogP contribution < -0.4 is 31.9 Å². The maximum absolute atomic E-state index is 15.3. The number of likely N-dealkylation sites (tertiary alicyclic amines) is 1. The van der Waals surface area contributed by atoms with Crippen molar-refractivity contribution in [1.82, 2.24) is 66.2 Å². The van der Waals surface area contributed by atoms with E-state index in [4.69, 9.17) is 0 Å². The van der Waals surface area contributed by atoms with Crippen LogP contribution in [0.4, 0.5) is 0 Å². The van der Waals surface area contributed by atoms with E-state index >= 15 is 14.4 Å². The first-order chi connectivity index (χ1) is 44.6. The molecule has 2 heterocycles. The third-order valence-corrected chi connectivity index (χ3v) is 17.8. The van der Waals surface area contributed by atoms with Gasteiger partial charge < -0.3 is 71.3 Å². The number of aliphatic hydroxyl groups excluding tert-OH is 1. The molecule has 2 aromatic rings. The lowest BCUT2D eigenvalue weighted by Gasteiger charge is -2.37. The van der Waals surface area contributed by atoms with Crippen molar-refractivity contribution in [3.8, 4) is 0 Å². The summed E-state index contributed by atoms with van der Waals surface area (Å²) in [6, 6.07) is 3.51. The zero-order valence-corrected chi connectivity index (χ0v) is 58.4. The Kier molecular flexibility index (Phi) is 30.7. The van der Waals surface area contributed by atoms with Crippen LogP contribution in [0.5, 0.6) is 0 Å². The van der Waals surface area contributed by atoms with Gasteiger partial charge in [-0.1, -0.05) is 102 Å². The SMILES string of the molecule is CNC(=O)CC[C@@H]1NC(=O)[C@H](CC(C)C)N(C)C(=O)[C@H](C)N(C)C(=O)[C@@H](C(C)C)NC(=O)C[C@@H](C(=O)N2CCCCC2)NC(=O)[C@H]([C@@H](C)O)NC(=O)[C@H](C)N(C)C(=O)CN(C)C(=O)[C@H](CC(C)C)N(C)C(=O)[C@H](Cc2ccccc2)NC(=O)[C@H](Cc2ccccc2)N(C)C1=O. The van der Waals surface area contributed by atoms with E-state index in [0.717, 1.165) is 30.9 Å². The highest BCUT2D eigenvalue weighted by atomic mass is 16.3. The topological polar surface area (TPSA) is 337 Å². The minimum Gasteiger partial charge on any atom is -0.391 e. The zero-order valence-electron chi connectivity index (χ0n) is 58.4. The van der Waals surface area contributed by atoms with Crippen LogP contribution in [-0.2, 0) is 75.2 Å². The van der Waals surface area contributed by atoms with Gasteiger partial charge in [-0.05, 0) is 88.2 Å². The maximum atomic E-state index is 15.3. The van der Waals surface area contributed by atoms with Gasteiger partial charge in [0.15, 0.2) is 0 Å². The Labute approximate surface area is 559 Å². The van der Waals surface area contributed by atoms with E-state index in [1.165, 1.54) is 79.9 Å². The minimum atomic E-state index is -1.74. The summed E-state index contributed by atoms with van der Waals surface area (Å²) >= 11 is 0. The molecule has 2 aliphatic heterocycles. The predicted molar refractivity (Wildman–Crippen MR) is 355 cm³/mol. The van der Waals surface area contributed by atoms with Crippen molar-refractivity contribution >= 4 is 76.8 Å². The van der Waals surface area contributed by atoms with E-state index in [9.17, 15) is 53.1 Å². The summed E-state index contributed by atoms with van der Waals surface area (Å²) in [5.41, 5.74) is 1.23. The van der Waals surface area contributed by atoms with Crippen LogP contribution in [-0.4, -0.2) is 252 Å². The number of nitrogens with zero attached hydrogens (tertiary/aromatic N) is 7. The number of carbonyl (C=O) groups excluding carboxylic acids is 13. The lowest BCUT2D eigenvalue weighted by Crippen LogP contribution is -2.62. The summed E-state index contributed by atoms with van der Waals surface area (Å²) in [6.07, 6.45) is -0.782. The van der Waals surface area contributed by atoms with E-state index in [-0.39, 0.29) is 50.4 Å². The lowest BCUT2D eigenvalue weighted by atomic mass is 9.98. The highest BCUT2D eigenvalue weighted by Gasteiger charge is 2.42. The van der Waals surface area contributed by atoms with Gasteiger partial charge in [0, 0.05) is 81.7 Å². The van der Waals surface area contributed by atoms with Crippen molar-refractivity contribution in [3.63, 3.8) is 0 Å². The van der Waals surface area contributed by atoms with Crippen LogP contribution >= 0.6 is 0 Å². The number of rotatable bonds is 14. The molecule has 7 N–H and O–H groups in total. The highest BCUT2D eigenvalue weighted by Crippen LogP contribution is 2.22. The third-order valence-electron chi connectivity index (χ3n) is 17.8. The Hall–Kier alpha value is -8.49. The molecule has 526 valence electrons. The molecule has 0 radical (unpaired) electrons. The Balaban J connectivity index is 1.92. The first-order valence-corrected chi connectivity index (χ1v) is 32.9.